The molecule has 0 unspecified atom stereocenters. The number of hydrogen-bond acceptors (Lipinski definition) is 6. The molecule has 0 spiro atoms. The number of nitrogens with one attached hydrogen (secondary N) is 3. The molecule has 1 aliphatic rings. The molecule has 1 fully saturated rings. The van der Waals surface area contributed by atoms with Crippen LogP contribution in [0.25, 0.3) is 0 Å². The maximum absolute atomic E-state index is 14.2. The number of anilines is 1. The van der Waals surface area contributed by atoms with E-state index in [1.54, 1.807) is 0 Å². The van der Waals surface area contributed by atoms with E-state index in [-0.39, 0.29) is 34.7 Å². The summed E-state index contributed by atoms with van der Waals surface area (Å²) in [7, 11) is -4.26. The van der Waals surface area contributed by atoms with Gasteiger partial charge in [-0.2, -0.15) is 22.7 Å². The van der Waals surface area contributed by atoms with Crippen molar-refractivity contribution in [3.05, 3.63) is 71.4 Å². The first-order chi connectivity index (χ1) is 17.3. The molecule has 196 valence electrons. The summed E-state index contributed by atoms with van der Waals surface area (Å²) in [5.41, 5.74) is -0.328. The molecule has 1 heterocycles. The smallest absolute Gasteiger partial charge is 0.361 e. The van der Waals surface area contributed by atoms with E-state index in [2.05, 4.69) is 10.6 Å². The zero-order valence-corrected chi connectivity index (χ0v) is 20.5. The molecule has 0 aliphatic carbocycles. The van der Waals surface area contributed by atoms with Crippen LogP contribution in [-0.2, 0) is 21.0 Å². The van der Waals surface area contributed by atoms with Gasteiger partial charge >= 0.3 is 6.18 Å². The Labute approximate surface area is 215 Å². The summed E-state index contributed by atoms with van der Waals surface area (Å²) >= 11 is 5.75. The van der Waals surface area contributed by atoms with Crippen molar-refractivity contribution < 1.29 is 30.8 Å². The molecule has 1 saturated heterocycles. The quantitative estimate of drug-likeness (QED) is 0.334. The molecule has 2 atom stereocenters. The number of amides is 1. The fourth-order valence-corrected chi connectivity index (χ4v) is 5.26. The lowest BCUT2D eigenvalue weighted by Crippen LogP contribution is -2.46. The van der Waals surface area contributed by atoms with Crippen molar-refractivity contribution in [2.75, 3.05) is 18.4 Å². The Balaban J connectivity index is 1.70. The number of alkyl halides is 4. The van der Waals surface area contributed by atoms with Gasteiger partial charge in [-0.1, -0.05) is 11.6 Å². The lowest BCUT2D eigenvalue weighted by Gasteiger charge is -2.23. The molecule has 0 aromatic heterocycles. The summed E-state index contributed by atoms with van der Waals surface area (Å²) in [4.78, 5) is 12.6. The molecular weight excluding hydrogens is 538 g/mol. The van der Waals surface area contributed by atoms with Gasteiger partial charge in [0.1, 0.15) is 17.4 Å². The van der Waals surface area contributed by atoms with Gasteiger partial charge in [-0.05, 0) is 48.5 Å². The molecule has 1 amide bonds. The minimum atomic E-state index is -4.50. The second-order valence-corrected chi connectivity index (χ2v) is 10.2. The Kier molecular flexibility index (Phi) is 8.57. The minimum absolute atomic E-state index is 0.0335. The van der Waals surface area contributed by atoms with Gasteiger partial charge in [-0.25, -0.2) is 12.8 Å². The molecule has 3 rings (SSSR count). The summed E-state index contributed by atoms with van der Waals surface area (Å²) in [5, 5.41) is 21.2. The lowest BCUT2D eigenvalue weighted by molar-refractivity contribution is -0.137. The van der Waals surface area contributed by atoms with Gasteiger partial charge in [0, 0.05) is 37.0 Å². The van der Waals surface area contributed by atoms with E-state index in [0.717, 1.165) is 16.4 Å². The van der Waals surface area contributed by atoms with E-state index < -0.39 is 51.6 Å². The van der Waals surface area contributed by atoms with E-state index in [9.17, 15) is 30.8 Å². The van der Waals surface area contributed by atoms with E-state index >= 15 is 0 Å². The first-order valence-electron chi connectivity index (χ1n) is 10.6. The highest BCUT2D eigenvalue weighted by Gasteiger charge is 2.44. The molecule has 0 saturated carbocycles. The molecular formula is C23H20ClF4N5O3S. The van der Waals surface area contributed by atoms with Crippen LogP contribution in [0.3, 0.4) is 0 Å². The predicted molar refractivity (Wildman–Crippen MR) is 128 cm³/mol. The first-order valence-corrected chi connectivity index (χ1v) is 12.5. The number of rotatable bonds is 8. The number of carbonyl (C=O) groups is 1. The average molecular weight is 558 g/mol. The number of carbonyl (C=O) groups excluding carboxylic acids is 1. The summed E-state index contributed by atoms with van der Waals surface area (Å²) in [6.45, 7) is -0.878. The van der Waals surface area contributed by atoms with Crippen LogP contribution in [0.5, 0.6) is 0 Å². The number of hydrogen-bond donors (Lipinski definition) is 3. The Morgan fingerprint density at radius 3 is 2.35 bits per heavy atom. The topological polar surface area (TPSA) is 126 Å². The number of nitrogens with zero attached hydrogens (tertiary/aromatic N) is 2. The second kappa shape index (κ2) is 11.3. The van der Waals surface area contributed by atoms with Crippen molar-refractivity contribution in [3.63, 3.8) is 0 Å². The van der Waals surface area contributed by atoms with Crippen LogP contribution in [0.4, 0.5) is 23.2 Å². The zero-order chi connectivity index (χ0) is 27.4. The normalized spacial score (nSPS) is 18.8. The minimum Gasteiger partial charge on any atom is -0.361 e. The molecule has 0 bridgehead atoms. The molecule has 2 aromatic rings. The molecule has 1 aliphatic heterocycles. The molecule has 2 aromatic carbocycles. The van der Waals surface area contributed by atoms with Gasteiger partial charge < -0.3 is 10.6 Å². The molecule has 8 nitrogen and oxygen atoms in total. The Morgan fingerprint density at radius 1 is 1.19 bits per heavy atom. The summed E-state index contributed by atoms with van der Waals surface area (Å²) in [6, 6.07) is 9.50. The van der Waals surface area contributed by atoms with Gasteiger partial charge in [0.2, 0.25) is 15.9 Å². The van der Waals surface area contributed by atoms with E-state index in [0.29, 0.717) is 0 Å². The fourth-order valence-electron chi connectivity index (χ4n) is 3.52. The average Bonchev–Trinajstić information content (AvgIpc) is 3.26. The van der Waals surface area contributed by atoms with Crippen LogP contribution < -0.4 is 10.6 Å². The highest BCUT2D eigenvalue weighted by molar-refractivity contribution is 7.89. The van der Waals surface area contributed by atoms with E-state index in [1.807, 2.05) is 6.07 Å². The van der Waals surface area contributed by atoms with Gasteiger partial charge in [0.25, 0.3) is 0 Å². The number of benzene rings is 2. The lowest BCUT2D eigenvalue weighted by atomic mass is 10.2. The zero-order valence-electron chi connectivity index (χ0n) is 18.9. The van der Waals surface area contributed by atoms with Crippen LogP contribution in [0.1, 0.15) is 17.5 Å². The fraction of sp³-hybridized carbons (Fsp3) is 0.261. The standard InChI is InChI=1S/C23H20ClF4N5O3S/c24-21(30)15(11-31-18-5-3-16(4-6-18)23(26,27)28)12-32-22(34)20-9-17(25)13-33(20)37(35,36)19-7-1-14(10-29)2-8-19/h1-8,11,17,20,30-31H,9,12-13H2,(H,32,34)/b15-11-,30-21?/t17-,20+/m1/s1. The highest BCUT2D eigenvalue weighted by atomic mass is 35.5. The van der Waals surface area contributed by atoms with Crippen LogP contribution in [0, 0.1) is 16.7 Å². The predicted octanol–water partition coefficient (Wildman–Crippen LogP) is 4.01. The maximum Gasteiger partial charge on any atom is 0.416 e. The summed E-state index contributed by atoms with van der Waals surface area (Å²) < 4.78 is 79.1. The van der Waals surface area contributed by atoms with Crippen molar-refractivity contribution in [3.8, 4) is 6.07 Å². The van der Waals surface area contributed by atoms with Gasteiger partial charge in [-0.3, -0.25) is 10.2 Å². The number of halogens is 5. The summed E-state index contributed by atoms with van der Waals surface area (Å²) in [6.07, 6.45) is -5.27. The van der Waals surface area contributed by atoms with Gasteiger partial charge in [0.05, 0.1) is 22.1 Å². The van der Waals surface area contributed by atoms with Gasteiger partial charge in [-0.15, -0.1) is 0 Å². The monoisotopic (exact) mass is 557 g/mol. The Bertz CT molecular complexity index is 1340. The first kappa shape index (κ1) is 28.1. The third-order valence-corrected chi connectivity index (χ3v) is 7.59. The Hall–Kier alpha value is -3.47. The van der Waals surface area contributed by atoms with Crippen molar-refractivity contribution in [2.24, 2.45) is 0 Å². The maximum atomic E-state index is 14.2. The highest BCUT2D eigenvalue weighted by Crippen LogP contribution is 2.30. The Morgan fingerprint density at radius 2 is 1.81 bits per heavy atom. The summed E-state index contributed by atoms with van der Waals surface area (Å²) in [5.74, 6) is -0.823. The molecule has 37 heavy (non-hydrogen) atoms. The van der Waals surface area contributed by atoms with Crippen LogP contribution >= 0.6 is 11.6 Å². The third kappa shape index (κ3) is 6.85. The van der Waals surface area contributed by atoms with Crippen molar-refractivity contribution in [1.29, 1.82) is 10.7 Å². The van der Waals surface area contributed by atoms with E-state index in [1.165, 1.54) is 42.6 Å². The van der Waals surface area contributed by atoms with Crippen LogP contribution in [0.15, 0.2) is 65.2 Å². The second-order valence-electron chi connectivity index (χ2n) is 7.98. The number of nitriles is 1. The van der Waals surface area contributed by atoms with Gasteiger partial charge in [0.15, 0.2) is 0 Å². The van der Waals surface area contributed by atoms with E-state index in [4.69, 9.17) is 22.3 Å². The SMILES string of the molecule is N#Cc1ccc(S(=O)(=O)N2C[C@H](F)C[C@H]2C(=O)NC/C(=C/Nc2ccc(C(F)(F)F)cc2)C(=N)Cl)cc1. The van der Waals surface area contributed by atoms with Crippen LogP contribution in [-0.4, -0.2) is 49.1 Å². The number of sulfonamides is 1. The molecule has 0 radical (unpaired) electrons. The molecule has 14 heteroatoms. The van der Waals surface area contributed by atoms with Crippen molar-refractivity contribution >= 4 is 38.4 Å². The van der Waals surface area contributed by atoms with Crippen LogP contribution in [0.2, 0.25) is 0 Å². The molecule has 3 N–H and O–H groups in total. The largest absolute Gasteiger partial charge is 0.416 e. The van der Waals surface area contributed by atoms with Crippen molar-refractivity contribution in [2.45, 2.75) is 29.7 Å². The van der Waals surface area contributed by atoms with Crippen molar-refractivity contribution in [1.82, 2.24) is 9.62 Å². The third-order valence-electron chi connectivity index (χ3n) is 5.46.